The predicted molar refractivity (Wildman–Crippen MR) is 97.8 cm³/mol. The monoisotopic (exact) mass is 358 g/mol. The minimum absolute atomic E-state index is 0.0118. The van der Waals surface area contributed by atoms with Crippen LogP contribution in [0.3, 0.4) is 0 Å². The summed E-state index contributed by atoms with van der Waals surface area (Å²) in [6.45, 7) is 9.81. The molecule has 0 saturated heterocycles. The first-order chi connectivity index (χ1) is 12.0. The fourth-order valence-corrected chi connectivity index (χ4v) is 5.19. The molecule has 2 aliphatic heterocycles. The maximum absolute atomic E-state index is 6.44. The van der Waals surface area contributed by atoms with Crippen molar-refractivity contribution in [1.82, 2.24) is 0 Å². The number of pyridine rings is 1. The van der Waals surface area contributed by atoms with Crippen molar-refractivity contribution in [3.63, 3.8) is 0 Å². The van der Waals surface area contributed by atoms with Crippen molar-refractivity contribution in [2.75, 3.05) is 13.2 Å². The average Bonchev–Trinajstić information content (AvgIpc) is 2.58. The number of fused-ring (bicyclic) bond motifs is 1. The molecule has 2 bridgehead atoms. The summed E-state index contributed by atoms with van der Waals surface area (Å²) >= 11 is 6.37. The van der Waals surface area contributed by atoms with Crippen LogP contribution in [0.1, 0.15) is 56.5 Å². The molecule has 3 heterocycles. The first-order valence-electron chi connectivity index (χ1n) is 9.05. The average molecular weight is 359 g/mol. The van der Waals surface area contributed by atoms with Gasteiger partial charge >= 0.3 is 0 Å². The van der Waals surface area contributed by atoms with Crippen molar-refractivity contribution in [1.29, 1.82) is 0 Å². The van der Waals surface area contributed by atoms with Crippen molar-refractivity contribution in [2.45, 2.75) is 45.4 Å². The molecule has 132 valence electrons. The van der Waals surface area contributed by atoms with Gasteiger partial charge in [-0.25, -0.2) is 0 Å². The quantitative estimate of drug-likeness (QED) is 0.594. The number of benzene rings is 1. The zero-order valence-electron chi connectivity index (χ0n) is 15.3. The molecule has 1 aromatic heterocycles. The topological polar surface area (TPSA) is 22.3 Å². The van der Waals surface area contributed by atoms with Gasteiger partial charge in [-0.15, -0.1) is 0 Å². The van der Waals surface area contributed by atoms with Crippen molar-refractivity contribution >= 4 is 11.6 Å². The summed E-state index contributed by atoms with van der Waals surface area (Å²) in [6.07, 6.45) is 2.17. The van der Waals surface area contributed by atoms with E-state index in [2.05, 4.69) is 54.9 Å². The molecule has 4 heteroatoms. The molecule has 5 rings (SSSR count). The highest BCUT2D eigenvalue weighted by molar-refractivity contribution is 6.30. The highest BCUT2D eigenvalue weighted by Crippen LogP contribution is 2.62. The zero-order valence-corrected chi connectivity index (χ0v) is 16.0. The van der Waals surface area contributed by atoms with Crippen LogP contribution in [0.15, 0.2) is 42.6 Å². The van der Waals surface area contributed by atoms with Gasteiger partial charge in [0.15, 0.2) is 23.7 Å². The van der Waals surface area contributed by atoms with Gasteiger partial charge in [-0.3, -0.25) is 0 Å². The maximum Gasteiger partial charge on any atom is 0.196 e. The SMILES string of the molecule is CCOC1(OCC)[C@H]2c3cc(Cl)ccc3[C@H]([n+]3ccccc32)C1(C)C. The third kappa shape index (κ3) is 2.09. The van der Waals surface area contributed by atoms with Crippen LogP contribution < -0.4 is 4.57 Å². The normalized spacial score (nSPS) is 24.7. The van der Waals surface area contributed by atoms with Crippen LogP contribution in [0.2, 0.25) is 5.02 Å². The van der Waals surface area contributed by atoms with Crippen molar-refractivity contribution in [2.24, 2.45) is 5.41 Å². The van der Waals surface area contributed by atoms with E-state index < -0.39 is 5.79 Å². The van der Waals surface area contributed by atoms with Gasteiger partial charge in [0, 0.05) is 35.9 Å². The number of nitrogens with zero attached hydrogens (tertiary/aromatic N) is 1. The molecule has 0 N–H and O–H groups in total. The molecule has 3 nitrogen and oxygen atoms in total. The van der Waals surface area contributed by atoms with E-state index in [9.17, 15) is 0 Å². The molecular weight excluding hydrogens is 334 g/mol. The molecule has 2 atom stereocenters. The summed E-state index contributed by atoms with van der Waals surface area (Å²) < 4.78 is 15.3. The van der Waals surface area contributed by atoms with E-state index in [0.29, 0.717) is 13.2 Å². The van der Waals surface area contributed by atoms with Crippen molar-refractivity contribution < 1.29 is 14.0 Å². The summed E-state index contributed by atoms with van der Waals surface area (Å²) in [5, 5.41) is 0.758. The van der Waals surface area contributed by atoms with Crippen LogP contribution in [0.4, 0.5) is 0 Å². The van der Waals surface area contributed by atoms with Crippen molar-refractivity contribution in [3.8, 4) is 0 Å². The Morgan fingerprint density at radius 2 is 1.76 bits per heavy atom. The number of hydrogen-bond donors (Lipinski definition) is 0. The Hall–Kier alpha value is -1.42. The van der Waals surface area contributed by atoms with E-state index in [-0.39, 0.29) is 17.4 Å². The van der Waals surface area contributed by atoms with Gasteiger partial charge in [-0.2, -0.15) is 4.57 Å². The molecule has 0 fully saturated rings. The summed E-state index contributed by atoms with van der Waals surface area (Å²) in [5.41, 5.74) is 3.54. The first kappa shape index (κ1) is 17.0. The number of hydrogen-bond acceptors (Lipinski definition) is 2. The minimum Gasteiger partial charge on any atom is -0.348 e. The van der Waals surface area contributed by atoms with E-state index in [0.717, 1.165) is 5.02 Å². The summed E-state index contributed by atoms with van der Waals surface area (Å²) in [5.74, 6) is -0.720. The highest BCUT2D eigenvalue weighted by atomic mass is 35.5. The molecule has 0 spiro atoms. The summed E-state index contributed by atoms with van der Waals surface area (Å²) in [6, 6.07) is 12.8. The lowest BCUT2D eigenvalue weighted by atomic mass is 9.57. The predicted octanol–water partition coefficient (Wildman–Crippen LogP) is 4.47. The smallest absolute Gasteiger partial charge is 0.196 e. The third-order valence-electron chi connectivity index (χ3n) is 5.83. The highest BCUT2D eigenvalue weighted by Gasteiger charge is 2.70. The molecular formula is C21H25ClNO2+. The first-order valence-corrected chi connectivity index (χ1v) is 9.43. The number of halogens is 1. The number of aromatic nitrogens is 1. The third-order valence-corrected chi connectivity index (χ3v) is 6.07. The molecule has 25 heavy (non-hydrogen) atoms. The lowest BCUT2D eigenvalue weighted by Gasteiger charge is -2.57. The number of rotatable bonds is 4. The Morgan fingerprint density at radius 1 is 1.04 bits per heavy atom. The van der Waals surface area contributed by atoms with E-state index in [1.165, 1.54) is 16.8 Å². The Kier molecular flexibility index (Phi) is 3.95. The van der Waals surface area contributed by atoms with Crippen LogP contribution in [0, 0.1) is 5.41 Å². The molecule has 1 aromatic carbocycles. The molecule has 0 saturated carbocycles. The van der Waals surface area contributed by atoms with Crippen molar-refractivity contribution in [3.05, 3.63) is 64.4 Å². The second-order valence-electron chi connectivity index (χ2n) is 7.40. The van der Waals surface area contributed by atoms with Gasteiger partial charge < -0.3 is 9.47 Å². The summed E-state index contributed by atoms with van der Waals surface area (Å²) in [7, 11) is 0. The van der Waals surface area contributed by atoms with Gasteiger partial charge in [0.1, 0.15) is 5.92 Å². The lowest BCUT2D eigenvalue weighted by Crippen LogP contribution is -2.71. The van der Waals surface area contributed by atoms with E-state index in [1.807, 2.05) is 19.9 Å². The Morgan fingerprint density at radius 3 is 2.44 bits per heavy atom. The van der Waals surface area contributed by atoms with E-state index in [4.69, 9.17) is 21.1 Å². The van der Waals surface area contributed by atoms with Crippen LogP contribution >= 0.6 is 11.6 Å². The Balaban J connectivity index is 2.08. The lowest BCUT2D eigenvalue weighted by molar-refractivity contribution is -0.755. The second-order valence-corrected chi connectivity index (χ2v) is 7.83. The van der Waals surface area contributed by atoms with E-state index >= 15 is 0 Å². The Bertz CT molecular complexity index is 811. The zero-order chi connectivity index (χ0) is 17.8. The fourth-order valence-electron chi connectivity index (χ4n) is 5.01. The molecule has 3 aliphatic rings. The fraction of sp³-hybridized carbons (Fsp3) is 0.476. The van der Waals surface area contributed by atoms with Crippen LogP contribution in [0.5, 0.6) is 0 Å². The van der Waals surface area contributed by atoms with Crippen LogP contribution in [0.25, 0.3) is 0 Å². The minimum atomic E-state index is -0.708. The summed E-state index contributed by atoms with van der Waals surface area (Å²) in [4.78, 5) is 0. The number of ether oxygens (including phenoxy) is 2. The molecule has 1 aliphatic carbocycles. The van der Waals surface area contributed by atoms with Gasteiger partial charge in [0.2, 0.25) is 0 Å². The van der Waals surface area contributed by atoms with Gasteiger partial charge in [-0.1, -0.05) is 23.7 Å². The Labute approximate surface area is 154 Å². The van der Waals surface area contributed by atoms with Gasteiger partial charge in [0.05, 0.1) is 5.41 Å². The maximum atomic E-state index is 6.44. The second kappa shape index (κ2) is 5.80. The van der Waals surface area contributed by atoms with Gasteiger partial charge in [0.25, 0.3) is 0 Å². The molecule has 2 aromatic rings. The molecule has 0 amide bonds. The van der Waals surface area contributed by atoms with Gasteiger partial charge in [-0.05, 0) is 45.4 Å². The van der Waals surface area contributed by atoms with Crippen LogP contribution in [-0.2, 0) is 9.47 Å². The van der Waals surface area contributed by atoms with E-state index in [1.54, 1.807) is 0 Å². The largest absolute Gasteiger partial charge is 0.348 e. The standard InChI is InChI=1S/C21H25ClNO2/c1-5-24-21(25-6-2)18-16-13-14(22)10-11-15(16)19(20(21,3)4)23-12-8-7-9-17(18)23/h7-13,18-19H,5-6H2,1-4H3/q+1/t18-,19-/m0/s1. The van der Waals surface area contributed by atoms with Crippen LogP contribution in [-0.4, -0.2) is 19.0 Å². The molecule has 0 unspecified atom stereocenters. The molecule has 0 radical (unpaired) electrons.